The molecule has 0 aromatic heterocycles. The second-order valence-electron chi connectivity index (χ2n) is 13.9. The largest absolute Gasteiger partial charge is 0.502 e. The van der Waals surface area contributed by atoms with Gasteiger partial charge in [-0.1, -0.05) is 29.8 Å². The topological polar surface area (TPSA) is 126 Å². The fraction of sp³-hybridized carbons (Fsp3) is 0.385. The lowest BCUT2D eigenvalue weighted by atomic mass is 9.51. The van der Waals surface area contributed by atoms with E-state index in [9.17, 15) is 24.3 Å². The van der Waals surface area contributed by atoms with Gasteiger partial charge in [-0.15, -0.1) is 0 Å². The van der Waals surface area contributed by atoms with E-state index in [4.69, 9.17) is 14.2 Å². The van der Waals surface area contributed by atoms with E-state index in [0.29, 0.717) is 36.6 Å². The van der Waals surface area contributed by atoms with Gasteiger partial charge in [-0.25, -0.2) is 4.90 Å². The molecule has 5 aliphatic rings. The molecule has 8 rings (SSSR count). The van der Waals surface area contributed by atoms with E-state index in [0.717, 1.165) is 24.4 Å². The van der Waals surface area contributed by atoms with E-state index in [1.54, 1.807) is 36.4 Å². The Hall–Kier alpha value is -5.16. The molecule has 6 unspecified atom stereocenters. The molecule has 3 saturated heterocycles. The molecule has 4 amide bonds. The zero-order valence-corrected chi connectivity index (χ0v) is 28.2. The first-order chi connectivity index (χ1) is 24.2. The van der Waals surface area contributed by atoms with Gasteiger partial charge in [-0.2, -0.15) is 0 Å². The normalized spacial score (nSPS) is 29.1. The zero-order chi connectivity index (χ0) is 34.9. The lowest BCUT2D eigenvalue weighted by molar-refractivity contribution is -0.131. The summed E-state index contributed by atoms with van der Waals surface area (Å²) in [6.07, 6.45) is 2.56. The Morgan fingerprint density at radius 1 is 0.780 bits per heavy atom. The maximum atomic E-state index is 14.7. The van der Waals surface area contributed by atoms with Crippen LogP contribution in [0.4, 0.5) is 17.1 Å². The SMILES string of the molecule is COc1cc(C2C3=CCC4C(=O)N(c5ccc(N6CCOCC6)cc5)C(=O)C4C3CC3C(=O)N(c4ccccc4)C(=O)C32C)cc(OC)c1O. The third kappa shape index (κ3) is 4.59. The van der Waals surface area contributed by atoms with Crippen molar-refractivity contribution >= 4 is 40.7 Å². The number of rotatable bonds is 6. The van der Waals surface area contributed by atoms with Gasteiger partial charge in [0, 0.05) is 24.7 Å². The van der Waals surface area contributed by atoms with Gasteiger partial charge in [0.15, 0.2) is 11.5 Å². The second-order valence-corrected chi connectivity index (χ2v) is 13.9. The highest BCUT2D eigenvalue weighted by atomic mass is 16.5. The van der Waals surface area contributed by atoms with E-state index < -0.39 is 35.0 Å². The molecule has 6 atom stereocenters. The number of carbonyl (C=O) groups is 4. The van der Waals surface area contributed by atoms with Crippen LogP contribution in [0.15, 0.2) is 78.4 Å². The second kappa shape index (κ2) is 12.0. The number of allylic oxidation sites excluding steroid dienone is 2. The summed E-state index contributed by atoms with van der Waals surface area (Å²) in [5.41, 5.74) is 2.20. The summed E-state index contributed by atoms with van der Waals surface area (Å²) in [7, 11) is 2.87. The monoisotopic (exact) mass is 677 g/mol. The first-order valence-electron chi connectivity index (χ1n) is 17.1. The van der Waals surface area contributed by atoms with Crippen LogP contribution in [0.25, 0.3) is 0 Å². The fourth-order valence-electron chi connectivity index (χ4n) is 9.19. The van der Waals surface area contributed by atoms with Crippen molar-refractivity contribution in [1.29, 1.82) is 0 Å². The van der Waals surface area contributed by atoms with Crippen LogP contribution in [0, 0.1) is 29.1 Å². The molecule has 50 heavy (non-hydrogen) atoms. The van der Waals surface area contributed by atoms with Gasteiger partial charge in [0.1, 0.15) is 0 Å². The highest BCUT2D eigenvalue weighted by molar-refractivity contribution is 6.25. The molecule has 4 fully saturated rings. The first kappa shape index (κ1) is 32.1. The number of benzene rings is 3. The number of fused-ring (bicyclic) bond motifs is 4. The minimum atomic E-state index is -1.24. The van der Waals surface area contributed by atoms with E-state index in [2.05, 4.69) is 4.90 Å². The summed E-state index contributed by atoms with van der Waals surface area (Å²) < 4.78 is 16.5. The molecule has 0 radical (unpaired) electrons. The van der Waals surface area contributed by atoms with Gasteiger partial charge in [-0.3, -0.25) is 24.1 Å². The van der Waals surface area contributed by atoms with Crippen molar-refractivity contribution in [2.24, 2.45) is 29.1 Å². The molecule has 11 heteroatoms. The highest BCUT2D eigenvalue weighted by Crippen LogP contribution is 2.64. The number of para-hydroxylation sites is 1. The number of aromatic hydroxyl groups is 1. The van der Waals surface area contributed by atoms with Gasteiger partial charge < -0.3 is 24.2 Å². The van der Waals surface area contributed by atoms with Crippen molar-refractivity contribution in [3.05, 3.63) is 83.9 Å². The molecule has 3 aromatic carbocycles. The number of carbonyl (C=O) groups excluding carboxylic acids is 4. The molecule has 0 bridgehead atoms. The maximum absolute atomic E-state index is 14.7. The number of phenols is 1. The van der Waals surface area contributed by atoms with Crippen LogP contribution in [0.1, 0.15) is 31.2 Å². The number of ether oxygens (including phenoxy) is 3. The third-order valence-corrected chi connectivity index (χ3v) is 11.6. The molecule has 1 saturated carbocycles. The smallest absolute Gasteiger partial charge is 0.241 e. The number of imide groups is 2. The van der Waals surface area contributed by atoms with Gasteiger partial charge in [0.2, 0.25) is 29.4 Å². The lowest BCUT2D eigenvalue weighted by Gasteiger charge is -2.49. The van der Waals surface area contributed by atoms with Gasteiger partial charge in [0.25, 0.3) is 0 Å². The average molecular weight is 678 g/mol. The van der Waals surface area contributed by atoms with Crippen LogP contribution in [-0.4, -0.2) is 69.3 Å². The number of hydrogen-bond donors (Lipinski definition) is 1. The van der Waals surface area contributed by atoms with Crippen LogP contribution >= 0.6 is 0 Å². The van der Waals surface area contributed by atoms with Crippen LogP contribution in [0.5, 0.6) is 17.2 Å². The predicted octanol–water partition coefficient (Wildman–Crippen LogP) is 4.68. The Morgan fingerprint density at radius 3 is 2.04 bits per heavy atom. The summed E-state index contributed by atoms with van der Waals surface area (Å²) in [5, 5.41) is 10.8. The van der Waals surface area contributed by atoms with Gasteiger partial charge in [0.05, 0.1) is 62.0 Å². The predicted molar refractivity (Wildman–Crippen MR) is 184 cm³/mol. The minimum absolute atomic E-state index is 0.159. The molecule has 3 heterocycles. The van der Waals surface area contributed by atoms with E-state index in [1.165, 1.54) is 24.0 Å². The summed E-state index contributed by atoms with van der Waals surface area (Å²) in [5.74, 6) is -4.33. The molecular weight excluding hydrogens is 638 g/mol. The number of anilines is 3. The van der Waals surface area contributed by atoms with Crippen molar-refractivity contribution in [2.45, 2.75) is 25.7 Å². The average Bonchev–Trinajstić information content (AvgIpc) is 3.51. The Labute approximate surface area is 290 Å². The summed E-state index contributed by atoms with van der Waals surface area (Å²) in [6, 6.07) is 19.7. The van der Waals surface area contributed by atoms with Crippen LogP contribution < -0.4 is 24.2 Å². The van der Waals surface area contributed by atoms with E-state index in [1.807, 2.05) is 43.3 Å². The quantitative estimate of drug-likeness (QED) is 0.293. The number of phenolic OH excluding ortho intramolecular Hbond substituents is 1. The first-order valence-corrected chi connectivity index (χ1v) is 17.1. The number of morpholine rings is 1. The molecule has 2 aliphatic carbocycles. The van der Waals surface area contributed by atoms with Crippen molar-refractivity contribution in [1.82, 2.24) is 0 Å². The van der Waals surface area contributed by atoms with Crippen molar-refractivity contribution in [3.63, 3.8) is 0 Å². The minimum Gasteiger partial charge on any atom is -0.502 e. The molecule has 11 nitrogen and oxygen atoms in total. The standard InChI is InChI=1S/C39H39N3O8/c1-39-29(36(45)42(38(39)47)24-7-5-4-6-8-24)21-28-26(33(39)22-19-30(48-2)34(43)31(20-22)49-3)13-14-27-32(28)37(46)41(35(27)44)25-11-9-23(10-12-25)40-15-17-50-18-16-40/h4-13,19-20,27-29,32-33,43H,14-18,21H2,1-3H3. The summed E-state index contributed by atoms with van der Waals surface area (Å²) in [4.78, 5) is 62.4. The molecule has 258 valence electrons. The Balaban J connectivity index is 1.21. The van der Waals surface area contributed by atoms with Crippen molar-refractivity contribution < 1.29 is 38.5 Å². The third-order valence-electron chi connectivity index (χ3n) is 11.6. The zero-order valence-electron chi connectivity index (χ0n) is 28.2. The maximum Gasteiger partial charge on any atom is 0.241 e. The number of methoxy groups -OCH3 is 2. The van der Waals surface area contributed by atoms with Crippen LogP contribution in [0.3, 0.4) is 0 Å². The Bertz CT molecular complexity index is 1900. The lowest BCUT2D eigenvalue weighted by Crippen LogP contribution is -2.48. The molecule has 0 spiro atoms. The number of amides is 4. The van der Waals surface area contributed by atoms with Crippen molar-refractivity contribution in [2.75, 3.05) is 55.2 Å². The Kier molecular flexibility index (Phi) is 7.70. The highest BCUT2D eigenvalue weighted by Gasteiger charge is 2.67. The molecule has 3 aliphatic heterocycles. The molecular formula is C39H39N3O8. The van der Waals surface area contributed by atoms with E-state index >= 15 is 0 Å². The van der Waals surface area contributed by atoms with E-state index in [-0.39, 0.29) is 47.3 Å². The summed E-state index contributed by atoms with van der Waals surface area (Å²) in [6.45, 7) is 4.65. The number of hydrogen-bond acceptors (Lipinski definition) is 9. The van der Waals surface area contributed by atoms with Crippen molar-refractivity contribution in [3.8, 4) is 17.2 Å². The summed E-state index contributed by atoms with van der Waals surface area (Å²) >= 11 is 0. The number of nitrogens with zero attached hydrogens (tertiary/aromatic N) is 3. The van der Waals surface area contributed by atoms with Crippen LogP contribution in [-0.2, 0) is 23.9 Å². The molecule has 3 aromatic rings. The van der Waals surface area contributed by atoms with Gasteiger partial charge >= 0.3 is 0 Å². The fourth-order valence-corrected chi connectivity index (χ4v) is 9.19. The Morgan fingerprint density at radius 2 is 1.40 bits per heavy atom. The van der Waals surface area contributed by atoms with Crippen LogP contribution in [0.2, 0.25) is 0 Å². The molecule has 1 N–H and O–H groups in total. The van der Waals surface area contributed by atoms with Gasteiger partial charge in [-0.05, 0) is 79.8 Å².